The van der Waals surface area contributed by atoms with Gasteiger partial charge in [0.15, 0.2) is 29.4 Å². The molecular formula is C34H46FNO8. The van der Waals surface area contributed by atoms with Gasteiger partial charge in [-0.15, -0.1) is 0 Å². The maximum absolute atomic E-state index is 17.5. The van der Waals surface area contributed by atoms with Crippen LogP contribution in [0.1, 0.15) is 98.3 Å². The van der Waals surface area contributed by atoms with Crippen LogP contribution < -0.4 is 5.32 Å². The molecule has 242 valence electrons. The van der Waals surface area contributed by atoms with Crippen LogP contribution in [0.25, 0.3) is 0 Å². The van der Waals surface area contributed by atoms with E-state index in [1.165, 1.54) is 12.2 Å². The highest BCUT2D eigenvalue weighted by Gasteiger charge is 2.80. The molecule has 0 radical (unpaired) electrons. The number of amides is 1. The van der Waals surface area contributed by atoms with Crippen LogP contribution in [0.2, 0.25) is 0 Å². The molecule has 8 atom stereocenters. The van der Waals surface area contributed by atoms with Crippen molar-refractivity contribution in [1.82, 2.24) is 5.32 Å². The highest BCUT2D eigenvalue weighted by Crippen LogP contribution is 2.72. The van der Waals surface area contributed by atoms with E-state index in [2.05, 4.69) is 5.32 Å². The average Bonchev–Trinajstić information content (AvgIpc) is 3.61. The van der Waals surface area contributed by atoms with E-state index in [1.807, 2.05) is 6.92 Å². The van der Waals surface area contributed by atoms with Crippen LogP contribution in [0.15, 0.2) is 23.8 Å². The lowest BCUT2D eigenvalue weighted by molar-refractivity contribution is -0.246. The smallest absolute Gasteiger partial charge is 0.306 e. The van der Waals surface area contributed by atoms with Crippen molar-refractivity contribution >= 4 is 23.4 Å². The number of allylic oxidation sites excluding steroid dienone is 4. The third-order valence-electron chi connectivity index (χ3n) is 11.9. The van der Waals surface area contributed by atoms with Crippen molar-refractivity contribution in [1.29, 1.82) is 0 Å². The largest absolute Gasteiger partial charge is 0.458 e. The van der Waals surface area contributed by atoms with Crippen molar-refractivity contribution in [2.75, 3.05) is 6.61 Å². The number of fused-ring (bicyclic) bond motifs is 7. The standard InChI is InChI=1S/C34H46FNO8/c1-30(2)43-27-17-24-23-13-12-20-16-22(37)14-15-31(20,3)33(23,35)25(38)18-32(24,4)34(27,44-30)26(39)19-42-29(41)11-7-10-28(40)36-21-8-5-6-9-21/h14-16,21,23-25,27,38H,5-13,17-19H2,1-4H3,(H,36,40)/t23-,24-,25-,27+,31-,32-,33-,34+/m0/s1. The van der Waals surface area contributed by atoms with Crippen LogP contribution in [0, 0.1) is 22.7 Å². The number of carbonyl (C=O) groups is 4. The summed E-state index contributed by atoms with van der Waals surface area (Å²) in [6.45, 7) is 6.54. The molecule has 0 spiro atoms. The van der Waals surface area contributed by atoms with Gasteiger partial charge in [0, 0.05) is 35.6 Å². The lowest BCUT2D eigenvalue weighted by Gasteiger charge is -2.62. The average molecular weight is 616 g/mol. The fourth-order valence-corrected chi connectivity index (χ4v) is 9.90. The van der Waals surface area contributed by atoms with Crippen molar-refractivity contribution in [3.05, 3.63) is 23.8 Å². The Hall–Kier alpha value is -2.43. The van der Waals surface area contributed by atoms with Crippen molar-refractivity contribution < 1.29 is 42.9 Å². The minimum Gasteiger partial charge on any atom is -0.458 e. The number of halogens is 1. The molecule has 1 heterocycles. The summed E-state index contributed by atoms with van der Waals surface area (Å²) in [6, 6.07) is 0.216. The number of hydrogen-bond donors (Lipinski definition) is 2. The Labute approximate surface area is 258 Å². The first kappa shape index (κ1) is 31.5. The third-order valence-corrected chi connectivity index (χ3v) is 11.9. The number of rotatable bonds is 8. The first-order chi connectivity index (χ1) is 20.7. The van der Waals surface area contributed by atoms with Gasteiger partial charge in [0.25, 0.3) is 0 Å². The first-order valence-corrected chi connectivity index (χ1v) is 16.3. The van der Waals surface area contributed by atoms with E-state index in [9.17, 15) is 24.3 Å². The van der Waals surface area contributed by atoms with Gasteiger partial charge >= 0.3 is 5.97 Å². The predicted molar refractivity (Wildman–Crippen MR) is 157 cm³/mol. The summed E-state index contributed by atoms with van der Waals surface area (Å²) in [4.78, 5) is 51.2. The van der Waals surface area contributed by atoms with Gasteiger partial charge < -0.3 is 24.6 Å². The Morgan fingerprint density at radius 2 is 1.82 bits per heavy atom. The van der Waals surface area contributed by atoms with Gasteiger partial charge in [0.1, 0.15) is 0 Å². The Morgan fingerprint density at radius 3 is 2.55 bits per heavy atom. The molecular weight excluding hydrogens is 569 g/mol. The van der Waals surface area contributed by atoms with E-state index < -0.39 is 64.4 Å². The van der Waals surface area contributed by atoms with Gasteiger partial charge in [-0.2, -0.15) is 0 Å². The monoisotopic (exact) mass is 615 g/mol. The van der Waals surface area contributed by atoms with Gasteiger partial charge in [-0.05, 0) is 83.8 Å². The number of ketones is 2. The summed E-state index contributed by atoms with van der Waals surface area (Å²) >= 11 is 0. The van der Waals surface area contributed by atoms with Gasteiger partial charge in [-0.25, -0.2) is 4.39 Å². The lowest BCUT2D eigenvalue weighted by Crippen LogP contribution is -2.70. The second-order valence-corrected chi connectivity index (χ2v) is 14.8. The normalized spacial score (nSPS) is 42.1. The molecule has 0 unspecified atom stereocenters. The minimum absolute atomic E-state index is 0.000151. The van der Waals surface area contributed by atoms with E-state index in [4.69, 9.17) is 14.2 Å². The lowest BCUT2D eigenvalue weighted by atomic mass is 9.44. The van der Waals surface area contributed by atoms with Crippen LogP contribution in [-0.4, -0.2) is 70.5 Å². The summed E-state index contributed by atoms with van der Waals surface area (Å²) in [5.41, 5.74) is -5.05. The Kier molecular flexibility index (Phi) is 7.77. The second-order valence-electron chi connectivity index (χ2n) is 14.8. The number of ether oxygens (including phenoxy) is 3. The molecule has 0 aromatic carbocycles. The summed E-state index contributed by atoms with van der Waals surface area (Å²) in [6.07, 6.45) is 8.30. The van der Waals surface area contributed by atoms with E-state index in [1.54, 1.807) is 26.8 Å². The molecule has 6 rings (SSSR count). The predicted octanol–water partition coefficient (Wildman–Crippen LogP) is 4.20. The number of Topliss-reactive ketones (excluding diaryl/α,β-unsaturated/α-hetero) is 1. The van der Waals surface area contributed by atoms with Crippen LogP contribution in [-0.2, 0) is 33.4 Å². The molecule has 1 aliphatic heterocycles. The Balaban J connectivity index is 1.18. The van der Waals surface area contributed by atoms with E-state index in [0.717, 1.165) is 25.7 Å². The summed E-state index contributed by atoms with van der Waals surface area (Å²) in [5.74, 6) is -3.39. The number of carbonyl (C=O) groups excluding carboxylic acids is 4. The molecule has 44 heavy (non-hydrogen) atoms. The van der Waals surface area contributed by atoms with Crippen molar-refractivity contribution in [2.45, 2.75) is 134 Å². The fourth-order valence-electron chi connectivity index (χ4n) is 9.90. The molecule has 4 saturated carbocycles. The number of esters is 1. The number of alkyl halides is 1. The van der Waals surface area contributed by atoms with Gasteiger partial charge in [0.2, 0.25) is 11.7 Å². The molecule has 0 aromatic rings. The molecule has 6 aliphatic rings. The van der Waals surface area contributed by atoms with Gasteiger partial charge in [0.05, 0.1) is 12.2 Å². The molecule has 5 fully saturated rings. The van der Waals surface area contributed by atoms with Crippen molar-refractivity contribution in [2.24, 2.45) is 22.7 Å². The highest BCUT2D eigenvalue weighted by atomic mass is 19.1. The van der Waals surface area contributed by atoms with Crippen LogP contribution in [0.3, 0.4) is 0 Å². The first-order valence-electron chi connectivity index (χ1n) is 16.3. The Morgan fingerprint density at radius 1 is 1.09 bits per heavy atom. The summed E-state index contributed by atoms with van der Waals surface area (Å²) in [7, 11) is 0. The number of nitrogens with one attached hydrogen (secondary N) is 1. The molecule has 1 saturated heterocycles. The number of aliphatic hydroxyl groups excluding tert-OH is 1. The minimum atomic E-state index is -2.05. The maximum Gasteiger partial charge on any atom is 0.306 e. The molecule has 5 aliphatic carbocycles. The molecule has 0 bridgehead atoms. The zero-order valence-corrected chi connectivity index (χ0v) is 26.3. The van der Waals surface area contributed by atoms with Crippen LogP contribution >= 0.6 is 0 Å². The van der Waals surface area contributed by atoms with E-state index in [0.29, 0.717) is 31.3 Å². The maximum atomic E-state index is 17.5. The van der Waals surface area contributed by atoms with Gasteiger partial charge in [-0.1, -0.05) is 31.4 Å². The third kappa shape index (κ3) is 4.65. The van der Waals surface area contributed by atoms with Crippen LogP contribution in [0.4, 0.5) is 4.39 Å². The zero-order valence-electron chi connectivity index (χ0n) is 26.3. The SMILES string of the molecule is CC1(C)O[C@@H]2C[C@H]3[C@@H]4CCC5=CC(=O)C=C[C@]5(C)[C@@]4(F)[C@@H](O)C[C@]3(C)[C@]2(C(=O)COC(=O)CCCC(=O)NC2CCCC2)O1. The zero-order chi connectivity index (χ0) is 31.7. The van der Waals surface area contributed by atoms with E-state index in [-0.39, 0.29) is 42.9 Å². The molecule has 1 amide bonds. The van der Waals surface area contributed by atoms with Crippen LogP contribution in [0.5, 0.6) is 0 Å². The second kappa shape index (κ2) is 10.8. The molecule has 2 N–H and O–H groups in total. The summed E-state index contributed by atoms with van der Waals surface area (Å²) in [5, 5.41) is 14.7. The number of aliphatic hydroxyl groups is 1. The van der Waals surface area contributed by atoms with Gasteiger partial charge in [-0.3, -0.25) is 19.2 Å². The highest BCUT2D eigenvalue weighted by molar-refractivity contribution is 6.01. The molecule has 10 heteroatoms. The van der Waals surface area contributed by atoms with Crippen molar-refractivity contribution in [3.63, 3.8) is 0 Å². The fraction of sp³-hybridized carbons (Fsp3) is 0.765. The quantitative estimate of drug-likeness (QED) is 0.389. The number of hydrogen-bond acceptors (Lipinski definition) is 8. The molecule has 9 nitrogen and oxygen atoms in total. The topological polar surface area (TPSA) is 128 Å². The van der Waals surface area contributed by atoms with E-state index >= 15 is 4.39 Å². The van der Waals surface area contributed by atoms with Crippen molar-refractivity contribution in [3.8, 4) is 0 Å². The summed E-state index contributed by atoms with van der Waals surface area (Å²) < 4.78 is 35.8. The Bertz CT molecular complexity index is 1300. The molecule has 0 aromatic heterocycles.